The van der Waals surface area contributed by atoms with Crippen molar-refractivity contribution in [1.82, 2.24) is 5.32 Å². The zero-order valence-electron chi connectivity index (χ0n) is 11.3. The molecule has 1 aromatic rings. The van der Waals surface area contributed by atoms with Crippen molar-refractivity contribution in [3.05, 3.63) is 30.3 Å². The predicted octanol–water partition coefficient (Wildman–Crippen LogP) is 4.19. The number of benzene rings is 1. The molecule has 17 heavy (non-hydrogen) atoms. The van der Waals surface area contributed by atoms with Gasteiger partial charge < -0.3 is 5.32 Å². The van der Waals surface area contributed by atoms with Crippen LogP contribution in [0.1, 0.15) is 33.1 Å². The summed E-state index contributed by atoms with van der Waals surface area (Å²) in [4.78, 5) is 1.37. The predicted molar refractivity (Wildman–Crippen MR) is 78.7 cm³/mol. The highest BCUT2D eigenvalue weighted by atomic mass is 32.2. The van der Waals surface area contributed by atoms with Crippen molar-refractivity contribution in [3.63, 3.8) is 0 Å². The SMILES string of the molecule is CCC(CC)CC(CSc1ccccc1)NC. The molecule has 1 nitrogen and oxygen atoms in total. The summed E-state index contributed by atoms with van der Waals surface area (Å²) in [5.74, 6) is 2.03. The molecule has 0 bridgehead atoms. The van der Waals surface area contributed by atoms with Crippen molar-refractivity contribution >= 4 is 11.8 Å². The van der Waals surface area contributed by atoms with Crippen LogP contribution in [0.4, 0.5) is 0 Å². The Hall–Kier alpha value is -0.470. The van der Waals surface area contributed by atoms with Gasteiger partial charge in [-0.25, -0.2) is 0 Å². The van der Waals surface area contributed by atoms with Crippen LogP contribution in [0.2, 0.25) is 0 Å². The zero-order chi connectivity index (χ0) is 12.5. The third-order valence-corrected chi connectivity index (χ3v) is 4.55. The third-order valence-electron chi connectivity index (χ3n) is 3.38. The van der Waals surface area contributed by atoms with Crippen LogP contribution < -0.4 is 5.32 Å². The lowest BCUT2D eigenvalue weighted by atomic mass is 9.95. The Balaban J connectivity index is 2.37. The molecule has 0 aliphatic rings. The summed E-state index contributed by atoms with van der Waals surface area (Å²) in [5, 5.41) is 3.45. The van der Waals surface area contributed by atoms with Crippen LogP contribution in [0.3, 0.4) is 0 Å². The molecule has 0 saturated carbocycles. The average molecular weight is 251 g/mol. The van der Waals surface area contributed by atoms with E-state index in [1.54, 1.807) is 0 Å². The first kappa shape index (κ1) is 14.6. The van der Waals surface area contributed by atoms with Gasteiger partial charge in [0.15, 0.2) is 0 Å². The van der Waals surface area contributed by atoms with Crippen molar-refractivity contribution in [2.45, 2.75) is 44.0 Å². The van der Waals surface area contributed by atoms with E-state index in [4.69, 9.17) is 0 Å². The van der Waals surface area contributed by atoms with Crippen molar-refractivity contribution in [2.24, 2.45) is 5.92 Å². The summed E-state index contributed by atoms with van der Waals surface area (Å²) >= 11 is 1.95. The summed E-state index contributed by atoms with van der Waals surface area (Å²) in [6.45, 7) is 4.59. The maximum absolute atomic E-state index is 3.45. The lowest BCUT2D eigenvalue weighted by molar-refractivity contribution is 0.397. The molecule has 1 aromatic carbocycles. The second-order valence-corrected chi connectivity index (χ2v) is 5.62. The molecule has 0 aliphatic carbocycles. The van der Waals surface area contributed by atoms with Gasteiger partial charge in [0.05, 0.1) is 0 Å². The second kappa shape index (κ2) is 8.60. The molecule has 1 atom stereocenters. The molecular weight excluding hydrogens is 226 g/mol. The second-order valence-electron chi connectivity index (χ2n) is 4.53. The van der Waals surface area contributed by atoms with Gasteiger partial charge in [-0.2, -0.15) is 0 Å². The van der Waals surface area contributed by atoms with E-state index in [1.165, 1.54) is 24.2 Å². The normalized spacial score (nSPS) is 12.9. The van der Waals surface area contributed by atoms with Crippen LogP contribution in [0, 0.1) is 5.92 Å². The first-order valence-corrected chi connectivity index (χ1v) is 7.63. The number of nitrogens with one attached hydrogen (secondary N) is 1. The third kappa shape index (κ3) is 5.60. The van der Waals surface area contributed by atoms with Gasteiger partial charge in [-0.3, -0.25) is 0 Å². The first-order chi connectivity index (χ1) is 8.30. The molecule has 0 fully saturated rings. The van der Waals surface area contributed by atoms with Crippen LogP contribution in [-0.2, 0) is 0 Å². The Bertz CT molecular complexity index is 282. The monoisotopic (exact) mass is 251 g/mol. The van der Waals surface area contributed by atoms with E-state index in [1.807, 2.05) is 11.8 Å². The van der Waals surface area contributed by atoms with Crippen LogP contribution in [-0.4, -0.2) is 18.8 Å². The molecule has 0 radical (unpaired) electrons. The molecule has 0 aromatic heterocycles. The Labute approximate surface area is 110 Å². The van der Waals surface area contributed by atoms with E-state index < -0.39 is 0 Å². The van der Waals surface area contributed by atoms with Crippen molar-refractivity contribution in [1.29, 1.82) is 0 Å². The van der Waals surface area contributed by atoms with Crippen LogP contribution in [0.15, 0.2) is 35.2 Å². The summed E-state index contributed by atoms with van der Waals surface area (Å²) in [5.41, 5.74) is 0. The number of hydrogen-bond donors (Lipinski definition) is 1. The quantitative estimate of drug-likeness (QED) is 0.695. The molecule has 0 aliphatic heterocycles. The summed E-state index contributed by atoms with van der Waals surface area (Å²) in [6, 6.07) is 11.3. The minimum absolute atomic E-state index is 0.630. The summed E-state index contributed by atoms with van der Waals surface area (Å²) in [7, 11) is 2.08. The van der Waals surface area contributed by atoms with Crippen LogP contribution in [0.5, 0.6) is 0 Å². The number of thioether (sulfide) groups is 1. The Morgan fingerprint density at radius 3 is 2.29 bits per heavy atom. The maximum Gasteiger partial charge on any atom is 0.0161 e. The highest BCUT2D eigenvalue weighted by molar-refractivity contribution is 7.99. The Kier molecular flexibility index (Phi) is 7.38. The standard InChI is InChI=1S/C15H25NS/c1-4-13(5-2)11-14(16-3)12-17-15-9-7-6-8-10-15/h6-10,13-14,16H,4-5,11-12H2,1-3H3. The molecule has 96 valence electrons. The Morgan fingerprint density at radius 1 is 1.12 bits per heavy atom. The van der Waals surface area contributed by atoms with Crippen molar-refractivity contribution < 1.29 is 0 Å². The van der Waals surface area contributed by atoms with Gasteiger partial charge in [-0.15, -0.1) is 11.8 Å². The molecule has 0 saturated heterocycles. The Morgan fingerprint density at radius 2 is 1.76 bits per heavy atom. The van der Waals surface area contributed by atoms with E-state index in [2.05, 4.69) is 56.5 Å². The molecular formula is C15H25NS. The van der Waals surface area contributed by atoms with Gasteiger partial charge >= 0.3 is 0 Å². The molecule has 0 heterocycles. The molecule has 1 N–H and O–H groups in total. The highest BCUT2D eigenvalue weighted by Gasteiger charge is 2.12. The zero-order valence-corrected chi connectivity index (χ0v) is 12.1. The lowest BCUT2D eigenvalue weighted by Gasteiger charge is -2.21. The van der Waals surface area contributed by atoms with Gasteiger partial charge in [-0.05, 0) is 31.5 Å². The number of rotatable bonds is 8. The molecule has 0 spiro atoms. The fraction of sp³-hybridized carbons (Fsp3) is 0.600. The smallest absolute Gasteiger partial charge is 0.0161 e. The molecule has 0 amide bonds. The average Bonchev–Trinajstić information content (AvgIpc) is 2.40. The minimum Gasteiger partial charge on any atom is -0.316 e. The van der Waals surface area contributed by atoms with Crippen molar-refractivity contribution in [3.8, 4) is 0 Å². The molecule has 2 heteroatoms. The van der Waals surface area contributed by atoms with E-state index in [-0.39, 0.29) is 0 Å². The van der Waals surface area contributed by atoms with Gasteiger partial charge in [-0.1, -0.05) is 44.9 Å². The van der Waals surface area contributed by atoms with Gasteiger partial charge in [0.2, 0.25) is 0 Å². The summed E-state index contributed by atoms with van der Waals surface area (Å²) < 4.78 is 0. The molecule has 1 unspecified atom stereocenters. The lowest BCUT2D eigenvalue weighted by Crippen LogP contribution is -2.30. The van der Waals surface area contributed by atoms with E-state index in [0.717, 1.165) is 11.7 Å². The fourth-order valence-corrected chi connectivity index (χ4v) is 3.05. The fourth-order valence-electron chi connectivity index (χ4n) is 2.01. The van der Waals surface area contributed by atoms with Crippen molar-refractivity contribution in [2.75, 3.05) is 12.8 Å². The van der Waals surface area contributed by atoms with Crippen LogP contribution in [0.25, 0.3) is 0 Å². The van der Waals surface area contributed by atoms with Crippen LogP contribution >= 0.6 is 11.8 Å². The molecule has 1 rings (SSSR count). The van der Waals surface area contributed by atoms with E-state index in [9.17, 15) is 0 Å². The van der Waals surface area contributed by atoms with E-state index in [0.29, 0.717) is 6.04 Å². The van der Waals surface area contributed by atoms with Gasteiger partial charge in [0.25, 0.3) is 0 Å². The van der Waals surface area contributed by atoms with E-state index >= 15 is 0 Å². The highest BCUT2D eigenvalue weighted by Crippen LogP contribution is 2.22. The maximum atomic E-state index is 3.45. The first-order valence-electron chi connectivity index (χ1n) is 6.65. The minimum atomic E-state index is 0.630. The van der Waals surface area contributed by atoms with Gasteiger partial charge in [0.1, 0.15) is 0 Å². The number of hydrogen-bond acceptors (Lipinski definition) is 2. The summed E-state index contributed by atoms with van der Waals surface area (Å²) in [6.07, 6.45) is 3.89. The topological polar surface area (TPSA) is 12.0 Å². The largest absolute Gasteiger partial charge is 0.316 e. The van der Waals surface area contributed by atoms with Gasteiger partial charge in [0, 0.05) is 16.7 Å².